The second-order valence-electron chi connectivity index (χ2n) is 4.15. The van der Waals surface area contributed by atoms with Crippen LogP contribution in [0.15, 0.2) is 30.3 Å². The summed E-state index contributed by atoms with van der Waals surface area (Å²) >= 11 is 1.28. The molecule has 0 spiro atoms. The van der Waals surface area contributed by atoms with Gasteiger partial charge in [0.15, 0.2) is 0 Å². The van der Waals surface area contributed by atoms with Crippen LogP contribution < -0.4 is 0 Å². The van der Waals surface area contributed by atoms with Gasteiger partial charge in [0.25, 0.3) is 0 Å². The molecule has 0 aliphatic rings. The van der Waals surface area contributed by atoms with Crippen LogP contribution in [0, 0.1) is 0 Å². The van der Waals surface area contributed by atoms with Gasteiger partial charge in [-0.15, -0.1) is 0 Å². The van der Waals surface area contributed by atoms with Crippen molar-refractivity contribution in [3.05, 3.63) is 35.9 Å². The topological polar surface area (TPSA) is 63.6 Å². The summed E-state index contributed by atoms with van der Waals surface area (Å²) in [6.07, 6.45) is 3.76. The molecule has 0 aliphatic heterocycles. The van der Waals surface area contributed by atoms with E-state index in [2.05, 4.69) is 41.4 Å². The second-order valence-corrected chi connectivity index (χ2v) is 5.95. The van der Waals surface area contributed by atoms with Crippen LogP contribution in [0.4, 0.5) is 0 Å². The molecule has 1 rings (SSSR count). The SMILES string of the molecule is CCCCCCOS(=O)(=O)O.[Na][CH2]c1ccccc1. The molecular weight excluding hydrogens is 275 g/mol. The molecule has 1 N–H and O–H groups in total. The molecule has 0 bridgehead atoms. The predicted molar refractivity (Wildman–Crippen MR) is 77.5 cm³/mol. The van der Waals surface area contributed by atoms with Gasteiger partial charge in [-0.25, -0.2) is 4.18 Å². The van der Waals surface area contributed by atoms with E-state index in [-0.39, 0.29) is 6.61 Å². The van der Waals surface area contributed by atoms with Gasteiger partial charge in [0, 0.05) is 0 Å². The molecule has 4 nitrogen and oxygen atoms in total. The second kappa shape index (κ2) is 11.9. The summed E-state index contributed by atoms with van der Waals surface area (Å²) in [6, 6.07) is 10.6. The van der Waals surface area contributed by atoms with Gasteiger partial charge in [-0.1, -0.05) is 26.2 Å². The Balaban J connectivity index is 0.000000356. The Morgan fingerprint density at radius 2 is 1.79 bits per heavy atom. The summed E-state index contributed by atoms with van der Waals surface area (Å²) < 4.78 is 33.5. The quantitative estimate of drug-likeness (QED) is 0.477. The van der Waals surface area contributed by atoms with E-state index in [1.54, 1.807) is 0 Å². The molecule has 0 saturated carbocycles. The number of unbranched alkanes of at least 4 members (excludes halogenated alkanes) is 3. The summed E-state index contributed by atoms with van der Waals surface area (Å²) in [4.78, 5) is 0. The molecule has 0 amide bonds. The first-order valence-corrected chi connectivity index (χ1v) is 9.43. The van der Waals surface area contributed by atoms with E-state index in [1.165, 1.54) is 37.2 Å². The van der Waals surface area contributed by atoms with Crippen molar-refractivity contribution in [1.82, 2.24) is 0 Å². The third kappa shape index (κ3) is 14.3. The molecule has 0 unspecified atom stereocenters. The molecule has 6 heteroatoms. The van der Waals surface area contributed by atoms with E-state index in [0.717, 1.165) is 19.3 Å². The molecular formula is C13H21NaO4S. The van der Waals surface area contributed by atoms with Gasteiger partial charge in [-0.2, -0.15) is 8.42 Å². The summed E-state index contributed by atoms with van der Waals surface area (Å²) in [5, 5.41) is 0. The Labute approximate surface area is 133 Å². The average molecular weight is 296 g/mol. The van der Waals surface area contributed by atoms with Gasteiger partial charge in [0.1, 0.15) is 0 Å². The minimum atomic E-state index is -4.21. The van der Waals surface area contributed by atoms with Crippen LogP contribution in [-0.4, -0.2) is 47.5 Å². The van der Waals surface area contributed by atoms with E-state index < -0.39 is 10.4 Å². The average Bonchev–Trinajstić information content (AvgIpc) is 2.39. The molecule has 0 fully saturated rings. The Morgan fingerprint density at radius 3 is 2.21 bits per heavy atom. The Hall–Kier alpha value is 0.0900. The van der Waals surface area contributed by atoms with E-state index in [4.69, 9.17) is 4.55 Å². The van der Waals surface area contributed by atoms with Crippen molar-refractivity contribution in [2.75, 3.05) is 6.61 Å². The third-order valence-corrected chi connectivity index (χ3v) is 3.76. The molecule has 0 aromatic heterocycles. The van der Waals surface area contributed by atoms with Crippen LogP contribution in [0.5, 0.6) is 0 Å². The van der Waals surface area contributed by atoms with Gasteiger partial charge < -0.3 is 0 Å². The number of hydrogen-bond acceptors (Lipinski definition) is 3. The Kier molecular flexibility index (Phi) is 11.9. The van der Waals surface area contributed by atoms with Crippen molar-refractivity contribution in [2.45, 2.75) is 36.3 Å². The summed E-state index contributed by atoms with van der Waals surface area (Å²) in [5.41, 5.74) is 1.47. The molecule has 0 heterocycles. The molecule has 0 aliphatic carbocycles. The first kappa shape index (κ1) is 19.1. The van der Waals surface area contributed by atoms with E-state index >= 15 is 0 Å². The van der Waals surface area contributed by atoms with Gasteiger partial charge >= 0.3 is 77.9 Å². The normalized spacial score (nSPS) is 10.7. The third-order valence-electron chi connectivity index (χ3n) is 2.48. The monoisotopic (exact) mass is 296 g/mol. The Morgan fingerprint density at radius 1 is 1.16 bits per heavy atom. The van der Waals surface area contributed by atoms with Crippen molar-refractivity contribution < 1.29 is 17.2 Å². The van der Waals surface area contributed by atoms with Crippen LogP contribution in [0.1, 0.15) is 38.2 Å². The molecule has 0 radical (unpaired) electrons. The maximum absolute atomic E-state index is 10.00. The molecule has 104 valence electrons. The molecule has 0 atom stereocenters. The van der Waals surface area contributed by atoms with Gasteiger partial charge in [0.2, 0.25) is 0 Å². The zero-order chi connectivity index (χ0) is 14.6. The predicted octanol–water partition coefficient (Wildman–Crippen LogP) is 2.74. The number of rotatable bonds is 7. The molecule has 19 heavy (non-hydrogen) atoms. The van der Waals surface area contributed by atoms with Crippen LogP contribution in [0.2, 0.25) is 0 Å². The fourth-order valence-corrected chi connectivity index (χ4v) is 2.21. The van der Waals surface area contributed by atoms with Gasteiger partial charge in [0.05, 0.1) is 6.61 Å². The van der Waals surface area contributed by atoms with Crippen LogP contribution in [0.25, 0.3) is 0 Å². The summed E-state index contributed by atoms with van der Waals surface area (Å²) in [5.74, 6) is 0. The molecule has 0 saturated heterocycles. The number of hydrogen-bond donors (Lipinski definition) is 1. The van der Waals surface area contributed by atoms with Crippen molar-refractivity contribution in [2.24, 2.45) is 0 Å². The number of benzene rings is 1. The summed E-state index contributed by atoms with van der Waals surface area (Å²) in [7, 11) is -4.21. The minimum absolute atomic E-state index is 0.0822. The van der Waals surface area contributed by atoms with Crippen molar-refractivity contribution in [1.29, 1.82) is 0 Å². The zero-order valence-corrected chi connectivity index (χ0v) is 14.5. The fourth-order valence-electron chi connectivity index (χ4n) is 1.41. The molecule has 1 aromatic carbocycles. The summed E-state index contributed by atoms with van der Waals surface area (Å²) in [6.45, 7) is 2.14. The first-order chi connectivity index (χ1) is 8.99. The maximum atomic E-state index is 10.00. The van der Waals surface area contributed by atoms with Crippen LogP contribution >= 0.6 is 0 Å². The van der Waals surface area contributed by atoms with Crippen LogP contribution in [0.3, 0.4) is 0 Å². The van der Waals surface area contributed by atoms with Gasteiger partial charge in [-0.05, 0) is 6.42 Å². The van der Waals surface area contributed by atoms with E-state index in [0.29, 0.717) is 6.42 Å². The van der Waals surface area contributed by atoms with Crippen molar-refractivity contribution in [3.8, 4) is 0 Å². The van der Waals surface area contributed by atoms with E-state index in [9.17, 15) is 8.42 Å². The zero-order valence-electron chi connectivity index (χ0n) is 11.7. The Bertz CT molecular complexity index is 406. The standard InChI is InChI=1S/C7H7.C6H14O4S.Na/c1-7-5-3-2-4-6-7;1-2-3-4-5-6-10-11(7,8)9;/h2-6H,1H2;2-6H2,1H3,(H,7,8,9);. The van der Waals surface area contributed by atoms with Crippen LogP contribution in [-0.2, 0) is 18.3 Å². The molecule has 1 aromatic rings. The van der Waals surface area contributed by atoms with E-state index in [1.807, 2.05) is 0 Å². The van der Waals surface area contributed by atoms with Gasteiger partial charge in [-0.3, -0.25) is 4.55 Å². The van der Waals surface area contributed by atoms with Crippen molar-refractivity contribution >= 4 is 38.3 Å². The fraction of sp³-hybridized carbons (Fsp3) is 0.538. The van der Waals surface area contributed by atoms with Crippen molar-refractivity contribution in [3.63, 3.8) is 0 Å². The first-order valence-electron chi connectivity index (χ1n) is 6.65.